The van der Waals surface area contributed by atoms with Gasteiger partial charge in [0, 0.05) is 29.1 Å². The van der Waals surface area contributed by atoms with Crippen LogP contribution in [0.3, 0.4) is 0 Å². The molecule has 0 saturated carbocycles. The highest BCUT2D eigenvalue weighted by atomic mass is 35.5. The Morgan fingerprint density at radius 3 is 3.00 bits per heavy atom. The normalized spacial score (nSPS) is 10.8. The van der Waals surface area contributed by atoms with E-state index in [1.165, 1.54) is 0 Å². The molecule has 0 aliphatic carbocycles. The van der Waals surface area contributed by atoms with Crippen molar-refractivity contribution in [3.63, 3.8) is 0 Å². The standard InChI is InChI=1S/C11H11ClN2O/c12-9-6-14-10-5-7(1-2-8(9)10)11(15)3-4-13/h1-2,5-6,14H,3-4,13H2. The first-order valence-electron chi connectivity index (χ1n) is 4.72. The number of H-pyrrole nitrogens is 1. The Kier molecular flexibility index (Phi) is 2.75. The van der Waals surface area contributed by atoms with Gasteiger partial charge in [0.25, 0.3) is 0 Å². The van der Waals surface area contributed by atoms with Gasteiger partial charge in [0.2, 0.25) is 0 Å². The van der Waals surface area contributed by atoms with Gasteiger partial charge in [-0.15, -0.1) is 0 Å². The molecule has 0 amide bonds. The average molecular weight is 223 g/mol. The molecule has 0 radical (unpaired) electrons. The molecule has 0 bridgehead atoms. The van der Waals surface area contributed by atoms with Crippen molar-refractivity contribution in [2.24, 2.45) is 5.73 Å². The molecule has 0 atom stereocenters. The van der Waals surface area contributed by atoms with Crippen LogP contribution in [-0.2, 0) is 0 Å². The van der Waals surface area contributed by atoms with E-state index in [1.54, 1.807) is 18.3 Å². The number of fused-ring (bicyclic) bond motifs is 1. The topological polar surface area (TPSA) is 58.9 Å². The number of aromatic amines is 1. The van der Waals surface area contributed by atoms with Gasteiger partial charge >= 0.3 is 0 Å². The summed E-state index contributed by atoms with van der Waals surface area (Å²) in [5, 5.41) is 1.60. The van der Waals surface area contributed by atoms with Crippen LogP contribution in [0.15, 0.2) is 24.4 Å². The van der Waals surface area contributed by atoms with E-state index < -0.39 is 0 Å². The van der Waals surface area contributed by atoms with E-state index in [2.05, 4.69) is 4.98 Å². The largest absolute Gasteiger partial charge is 0.360 e. The van der Waals surface area contributed by atoms with Gasteiger partial charge in [-0.05, 0) is 12.6 Å². The first kappa shape index (κ1) is 10.2. The smallest absolute Gasteiger partial charge is 0.164 e. The van der Waals surface area contributed by atoms with Crippen LogP contribution < -0.4 is 5.73 Å². The van der Waals surface area contributed by atoms with Crippen LogP contribution in [0.4, 0.5) is 0 Å². The lowest BCUT2D eigenvalue weighted by atomic mass is 10.1. The fourth-order valence-corrected chi connectivity index (χ4v) is 1.76. The highest BCUT2D eigenvalue weighted by Gasteiger charge is 2.07. The zero-order chi connectivity index (χ0) is 10.8. The molecule has 0 fully saturated rings. The predicted octanol–water partition coefficient (Wildman–Crippen LogP) is 2.35. The lowest BCUT2D eigenvalue weighted by Crippen LogP contribution is -2.07. The molecule has 0 aliphatic heterocycles. The molecular weight excluding hydrogens is 212 g/mol. The van der Waals surface area contributed by atoms with Crippen molar-refractivity contribution in [2.45, 2.75) is 6.42 Å². The zero-order valence-corrected chi connectivity index (χ0v) is 8.84. The maximum atomic E-state index is 11.6. The number of rotatable bonds is 3. The molecule has 1 aromatic carbocycles. The number of hydrogen-bond donors (Lipinski definition) is 2. The van der Waals surface area contributed by atoms with Gasteiger partial charge in [0.05, 0.1) is 5.02 Å². The monoisotopic (exact) mass is 222 g/mol. The molecule has 0 aliphatic rings. The molecule has 3 nitrogen and oxygen atoms in total. The number of benzene rings is 1. The third-order valence-corrected chi connectivity index (χ3v) is 2.64. The summed E-state index contributed by atoms with van der Waals surface area (Å²) >= 11 is 5.93. The lowest BCUT2D eigenvalue weighted by Gasteiger charge is -1.99. The van der Waals surface area contributed by atoms with Crippen molar-refractivity contribution < 1.29 is 4.79 Å². The number of carbonyl (C=O) groups excluding carboxylic acids is 1. The van der Waals surface area contributed by atoms with Crippen LogP contribution in [-0.4, -0.2) is 17.3 Å². The third-order valence-electron chi connectivity index (χ3n) is 2.32. The molecule has 78 valence electrons. The SMILES string of the molecule is NCCC(=O)c1ccc2c(Cl)c[nH]c2c1. The van der Waals surface area contributed by atoms with E-state index in [0.29, 0.717) is 23.6 Å². The van der Waals surface area contributed by atoms with Crippen molar-refractivity contribution in [3.05, 3.63) is 35.0 Å². The van der Waals surface area contributed by atoms with Crippen LogP contribution in [0.1, 0.15) is 16.8 Å². The van der Waals surface area contributed by atoms with Gasteiger partial charge in [-0.25, -0.2) is 0 Å². The van der Waals surface area contributed by atoms with Gasteiger partial charge in [0.15, 0.2) is 5.78 Å². The molecule has 1 heterocycles. The molecule has 0 spiro atoms. The molecule has 1 aromatic heterocycles. The molecule has 3 N–H and O–H groups in total. The molecule has 2 aromatic rings. The van der Waals surface area contributed by atoms with E-state index in [0.717, 1.165) is 10.9 Å². The number of halogens is 1. The number of nitrogens with two attached hydrogens (primary N) is 1. The second-order valence-electron chi connectivity index (χ2n) is 3.36. The number of ketones is 1. The lowest BCUT2D eigenvalue weighted by molar-refractivity contribution is 0.0985. The fourth-order valence-electron chi connectivity index (χ4n) is 1.54. The summed E-state index contributed by atoms with van der Waals surface area (Å²) in [6, 6.07) is 5.43. The minimum atomic E-state index is 0.0603. The van der Waals surface area contributed by atoms with Crippen LogP contribution in [0.25, 0.3) is 10.9 Å². The Morgan fingerprint density at radius 1 is 1.47 bits per heavy atom. The Morgan fingerprint density at radius 2 is 2.27 bits per heavy atom. The van der Waals surface area contributed by atoms with E-state index in [4.69, 9.17) is 17.3 Å². The summed E-state index contributed by atoms with van der Waals surface area (Å²) in [4.78, 5) is 14.6. The summed E-state index contributed by atoms with van der Waals surface area (Å²) in [6.45, 7) is 0.377. The van der Waals surface area contributed by atoms with E-state index in [9.17, 15) is 4.79 Å². The summed E-state index contributed by atoms with van der Waals surface area (Å²) in [7, 11) is 0. The van der Waals surface area contributed by atoms with Gasteiger partial charge in [0.1, 0.15) is 0 Å². The Hall–Kier alpha value is -1.32. The maximum absolute atomic E-state index is 11.6. The van der Waals surface area contributed by atoms with E-state index in [1.807, 2.05) is 6.07 Å². The zero-order valence-electron chi connectivity index (χ0n) is 8.09. The number of hydrogen-bond acceptors (Lipinski definition) is 2. The second-order valence-corrected chi connectivity index (χ2v) is 3.77. The minimum absolute atomic E-state index is 0.0603. The van der Waals surface area contributed by atoms with Crippen LogP contribution in [0, 0.1) is 0 Å². The molecule has 4 heteroatoms. The first-order chi connectivity index (χ1) is 7.22. The van der Waals surface area contributed by atoms with Crippen molar-refractivity contribution in [1.82, 2.24) is 4.98 Å². The van der Waals surface area contributed by atoms with Crippen LogP contribution >= 0.6 is 11.6 Å². The van der Waals surface area contributed by atoms with Crippen LogP contribution in [0.2, 0.25) is 5.02 Å². The average Bonchev–Trinajstić information content (AvgIpc) is 2.60. The Labute approximate surface area is 92.2 Å². The van der Waals surface area contributed by atoms with E-state index in [-0.39, 0.29) is 5.78 Å². The summed E-state index contributed by atoms with van der Waals surface area (Å²) in [5.41, 5.74) is 6.88. The second kappa shape index (κ2) is 4.04. The van der Waals surface area contributed by atoms with Crippen molar-refractivity contribution in [1.29, 1.82) is 0 Å². The van der Waals surface area contributed by atoms with E-state index >= 15 is 0 Å². The highest BCUT2D eigenvalue weighted by Crippen LogP contribution is 2.23. The van der Waals surface area contributed by atoms with Gasteiger partial charge in [-0.3, -0.25) is 4.79 Å². The predicted molar refractivity (Wildman–Crippen MR) is 61.3 cm³/mol. The van der Waals surface area contributed by atoms with Crippen molar-refractivity contribution in [3.8, 4) is 0 Å². The van der Waals surface area contributed by atoms with Crippen LogP contribution in [0.5, 0.6) is 0 Å². The Bertz CT molecular complexity index is 504. The summed E-state index contributed by atoms with van der Waals surface area (Å²) in [5.74, 6) is 0.0603. The minimum Gasteiger partial charge on any atom is -0.360 e. The number of nitrogens with one attached hydrogen (secondary N) is 1. The van der Waals surface area contributed by atoms with Gasteiger partial charge in [-0.2, -0.15) is 0 Å². The van der Waals surface area contributed by atoms with Gasteiger partial charge < -0.3 is 10.7 Å². The van der Waals surface area contributed by atoms with Gasteiger partial charge in [-0.1, -0.05) is 23.7 Å². The summed E-state index contributed by atoms with van der Waals surface area (Å²) in [6.07, 6.45) is 2.09. The fraction of sp³-hybridized carbons (Fsp3) is 0.182. The molecule has 15 heavy (non-hydrogen) atoms. The quantitative estimate of drug-likeness (QED) is 0.784. The number of aromatic nitrogens is 1. The van der Waals surface area contributed by atoms with Crippen molar-refractivity contribution in [2.75, 3.05) is 6.54 Å². The number of carbonyl (C=O) groups is 1. The summed E-state index contributed by atoms with van der Waals surface area (Å²) < 4.78 is 0. The van der Waals surface area contributed by atoms with Crippen molar-refractivity contribution >= 4 is 28.3 Å². The number of Topliss-reactive ketones (excluding diaryl/α,β-unsaturated/α-hetero) is 1. The third kappa shape index (κ3) is 1.89. The highest BCUT2D eigenvalue weighted by molar-refractivity contribution is 6.35. The Balaban J connectivity index is 2.43. The molecule has 0 saturated heterocycles. The maximum Gasteiger partial charge on any atom is 0.164 e. The molecule has 0 unspecified atom stereocenters. The first-order valence-corrected chi connectivity index (χ1v) is 5.10. The molecular formula is C11H11ClN2O. The molecule has 2 rings (SSSR count).